The highest BCUT2D eigenvalue weighted by molar-refractivity contribution is 5.64. The fraction of sp³-hybridized carbons (Fsp3) is 0.579. The van der Waals surface area contributed by atoms with E-state index in [2.05, 4.69) is 63.0 Å². The minimum Gasteiger partial charge on any atom is -0.309 e. The van der Waals surface area contributed by atoms with Gasteiger partial charge in [-0.2, -0.15) is 0 Å². The summed E-state index contributed by atoms with van der Waals surface area (Å²) in [7, 11) is 0. The van der Waals surface area contributed by atoms with E-state index in [1.165, 1.54) is 30.4 Å². The zero-order chi connectivity index (χ0) is 14.4. The Morgan fingerprint density at radius 1 is 1.25 bits per heavy atom. The van der Waals surface area contributed by atoms with Gasteiger partial charge in [-0.3, -0.25) is 0 Å². The van der Waals surface area contributed by atoms with Crippen LogP contribution in [0.1, 0.15) is 45.6 Å². The number of hydrogen-bond donors (Lipinski definition) is 1. The van der Waals surface area contributed by atoms with Crippen molar-refractivity contribution in [3.8, 4) is 0 Å². The Hall–Kier alpha value is -1.08. The normalized spacial score (nSPS) is 34.4. The zero-order valence-corrected chi connectivity index (χ0v) is 13.1. The summed E-state index contributed by atoms with van der Waals surface area (Å²) in [6, 6.07) is 11.2. The lowest BCUT2D eigenvalue weighted by Crippen LogP contribution is -2.50. The van der Waals surface area contributed by atoms with Gasteiger partial charge < -0.3 is 5.32 Å². The molecule has 0 amide bonds. The van der Waals surface area contributed by atoms with Crippen LogP contribution in [0.5, 0.6) is 0 Å². The number of fused-ring (bicyclic) bond motifs is 2. The minimum absolute atomic E-state index is 0.421. The minimum atomic E-state index is 0.421. The average Bonchev–Trinajstić information content (AvgIpc) is 2.90. The summed E-state index contributed by atoms with van der Waals surface area (Å²) in [5.41, 5.74) is 3.37. The fourth-order valence-electron chi connectivity index (χ4n) is 4.81. The Kier molecular flexibility index (Phi) is 3.29. The summed E-state index contributed by atoms with van der Waals surface area (Å²) in [4.78, 5) is 0. The third-order valence-electron chi connectivity index (χ3n) is 5.97. The van der Waals surface area contributed by atoms with Gasteiger partial charge in [-0.05, 0) is 47.1 Å². The van der Waals surface area contributed by atoms with Crippen LogP contribution < -0.4 is 5.32 Å². The molecule has 1 heteroatoms. The van der Waals surface area contributed by atoms with E-state index in [9.17, 15) is 0 Å². The van der Waals surface area contributed by atoms with Gasteiger partial charge in [-0.15, -0.1) is 0 Å². The van der Waals surface area contributed by atoms with Gasteiger partial charge in [-0.25, -0.2) is 0 Å². The molecule has 2 saturated carbocycles. The summed E-state index contributed by atoms with van der Waals surface area (Å²) >= 11 is 0. The molecule has 2 aliphatic rings. The molecular weight excluding hydrogens is 242 g/mol. The van der Waals surface area contributed by atoms with Gasteiger partial charge in [0.15, 0.2) is 0 Å². The smallest absolute Gasteiger partial charge is 0.0208 e. The molecule has 0 saturated heterocycles. The van der Waals surface area contributed by atoms with Gasteiger partial charge in [0.2, 0.25) is 0 Å². The van der Waals surface area contributed by atoms with Crippen LogP contribution in [-0.4, -0.2) is 12.6 Å². The third-order valence-corrected chi connectivity index (χ3v) is 5.97. The highest BCUT2D eigenvalue weighted by Crippen LogP contribution is 2.62. The predicted octanol–water partition coefficient (Wildman–Crippen LogP) is 4.50. The Balaban J connectivity index is 1.68. The first-order chi connectivity index (χ1) is 9.43. The quantitative estimate of drug-likeness (QED) is 0.848. The lowest BCUT2D eigenvalue weighted by atomic mass is 9.68. The molecule has 2 bridgehead atoms. The van der Waals surface area contributed by atoms with Gasteiger partial charge in [0, 0.05) is 12.6 Å². The lowest BCUT2D eigenvalue weighted by Gasteiger charge is -2.43. The molecule has 1 N–H and O–H groups in total. The second-order valence-corrected chi connectivity index (χ2v) is 7.70. The Labute approximate surface area is 123 Å². The van der Waals surface area contributed by atoms with Crippen molar-refractivity contribution in [2.45, 2.75) is 46.1 Å². The molecule has 1 aromatic rings. The first kappa shape index (κ1) is 13.9. The summed E-state index contributed by atoms with van der Waals surface area (Å²) in [6.45, 7) is 12.5. The number of hydrogen-bond acceptors (Lipinski definition) is 1. The van der Waals surface area contributed by atoms with Crippen LogP contribution in [0.2, 0.25) is 0 Å². The molecule has 1 aromatic carbocycles. The molecule has 2 aliphatic carbocycles. The zero-order valence-electron chi connectivity index (χ0n) is 13.1. The van der Waals surface area contributed by atoms with Gasteiger partial charge in [0.1, 0.15) is 0 Å². The van der Waals surface area contributed by atoms with Crippen molar-refractivity contribution in [1.82, 2.24) is 5.32 Å². The van der Waals surface area contributed by atoms with Crippen LogP contribution in [0.25, 0.3) is 5.57 Å². The summed E-state index contributed by atoms with van der Waals surface area (Å²) in [5, 5.41) is 3.84. The Bertz CT molecular complexity index is 497. The molecule has 3 rings (SSSR count). The Morgan fingerprint density at radius 3 is 2.55 bits per heavy atom. The molecule has 0 spiro atoms. The molecule has 108 valence electrons. The lowest BCUT2D eigenvalue weighted by molar-refractivity contribution is 0.113. The van der Waals surface area contributed by atoms with Crippen molar-refractivity contribution in [2.24, 2.45) is 16.7 Å². The number of nitrogens with one attached hydrogen (secondary N) is 1. The van der Waals surface area contributed by atoms with E-state index in [1.54, 1.807) is 0 Å². The van der Waals surface area contributed by atoms with Gasteiger partial charge in [0.25, 0.3) is 0 Å². The Morgan fingerprint density at radius 2 is 1.95 bits per heavy atom. The highest BCUT2D eigenvalue weighted by Gasteiger charge is 2.58. The average molecular weight is 269 g/mol. The second kappa shape index (κ2) is 4.73. The van der Waals surface area contributed by atoms with Crippen LogP contribution in [0.3, 0.4) is 0 Å². The highest BCUT2D eigenvalue weighted by atomic mass is 15.0. The summed E-state index contributed by atoms with van der Waals surface area (Å²) < 4.78 is 0. The molecule has 3 unspecified atom stereocenters. The monoisotopic (exact) mass is 269 g/mol. The molecule has 0 aromatic heterocycles. The van der Waals surface area contributed by atoms with E-state index in [0.29, 0.717) is 16.9 Å². The van der Waals surface area contributed by atoms with Crippen LogP contribution in [0.4, 0.5) is 0 Å². The molecule has 0 aliphatic heterocycles. The van der Waals surface area contributed by atoms with Crippen molar-refractivity contribution in [2.75, 3.05) is 6.54 Å². The van der Waals surface area contributed by atoms with E-state index in [4.69, 9.17) is 0 Å². The molecular formula is C19H27N. The molecule has 2 fully saturated rings. The molecule has 3 atom stereocenters. The van der Waals surface area contributed by atoms with E-state index in [1.807, 2.05) is 0 Å². The molecule has 0 radical (unpaired) electrons. The second-order valence-electron chi connectivity index (χ2n) is 7.70. The largest absolute Gasteiger partial charge is 0.309 e. The topological polar surface area (TPSA) is 12.0 Å². The fourth-order valence-corrected chi connectivity index (χ4v) is 4.81. The van der Waals surface area contributed by atoms with Crippen LogP contribution in [0.15, 0.2) is 36.9 Å². The predicted molar refractivity (Wildman–Crippen MR) is 86.5 cm³/mol. The van der Waals surface area contributed by atoms with Crippen molar-refractivity contribution >= 4 is 5.57 Å². The van der Waals surface area contributed by atoms with Crippen molar-refractivity contribution in [3.05, 3.63) is 42.5 Å². The maximum atomic E-state index is 4.26. The van der Waals surface area contributed by atoms with Crippen LogP contribution >= 0.6 is 0 Å². The van der Waals surface area contributed by atoms with Crippen LogP contribution in [-0.2, 0) is 0 Å². The number of benzene rings is 1. The maximum absolute atomic E-state index is 4.26. The first-order valence-corrected chi connectivity index (χ1v) is 7.90. The van der Waals surface area contributed by atoms with Gasteiger partial charge >= 0.3 is 0 Å². The maximum Gasteiger partial charge on any atom is 0.0208 e. The van der Waals surface area contributed by atoms with E-state index in [-0.39, 0.29) is 0 Å². The van der Waals surface area contributed by atoms with Gasteiger partial charge in [0.05, 0.1) is 0 Å². The molecule has 1 nitrogen and oxygen atoms in total. The SMILES string of the molecule is C=C(CNC1C2(C)CCC(C2)C1(C)C)c1ccccc1. The molecule has 20 heavy (non-hydrogen) atoms. The first-order valence-electron chi connectivity index (χ1n) is 7.90. The standard InChI is InChI=1S/C19H27N/c1-14(15-8-6-5-7-9-15)13-20-17-18(2,3)16-10-11-19(17,4)12-16/h5-9,16-17,20H,1,10-13H2,2-4H3. The van der Waals surface area contributed by atoms with E-state index < -0.39 is 0 Å². The van der Waals surface area contributed by atoms with Crippen molar-refractivity contribution in [1.29, 1.82) is 0 Å². The van der Waals surface area contributed by atoms with E-state index in [0.717, 1.165) is 12.5 Å². The third kappa shape index (κ3) is 2.13. The number of rotatable bonds is 4. The van der Waals surface area contributed by atoms with E-state index >= 15 is 0 Å². The molecule has 0 heterocycles. The van der Waals surface area contributed by atoms with Crippen molar-refractivity contribution in [3.63, 3.8) is 0 Å². The van der Waals surface area contributed by atoms with Crippen molar-refractivity contribution < 1.29 is 0 Å². The van der Waals surface area contributed by atoms with Gasteiger partial charge in [-0.1, -0.05) is 57.7 Å². The summed E-state index contributed by atoms with van der Waals surface area (Å²) in [6.07, 6.45) is 4.20. The summed E-state index contributed by atoms with van der Waals surface area (Å²) in [5.74, 6) is 0.898. The van der Waals surface area contributed by atoms with Crippen LogP contribution in [0, 0.1) is 16.7 Å².